The van der Waals surface area contributed by atoms with E-state index in [0.29, 0.717) is 12.2 Å². The maximum Gasteiger partial charge on any atom is 0.262 e. The fourth-order valence-electron chi connectivity index (χ4n) is 3.53. The summed E-state index contributed by atoms with van der Waals surface area (Å²) in [5.41, 5.74) is 1.51. The quantitative estimate of drug-likeness (QED) is 0.576. The van der Waals surface area contributed by atoms with Crippen LogP contribution in [0.1, 0.15) is 12.2 Å². The minimum atomic E-state index is -1.65. The van der Waals surface area contributed by atoms with Crippen molar-refractivity contribution in [3.05, 3.63) is 53.9 Å². The van der Waals surface area contributed by atoms with Gasteiger partial charge in [-0.1, -0.05) is 23.4 Å². The Kier molecular flexibility index (Phi) is 3.78. The number of carbonyl (C=O) groups is 1. The highest BCUT2D eigenvalue weighted by atomic mass is 32.1. The van der Waals surface area contributed by atoms with E-state index in [-0.39, 0.29) is 18.1 Å². The van der Waals surface area contributed by atoms with Crippen LogP contribution in [0.15, 0.2) is 52.6 Å². The van der Waals surface area contributed by atoms with Gasteiger partial charge in [-0.05, 0) is 17.5 Å². The number of aliphatic hydroxyl groups is 1. The molecule has 1 atom stereocenters. The molecule has 0 spiro atoms. The summed E-state index contributed by atoms with van der Waals surface area (Å²) in [6, 6.07) is 11.4. The number of rotatable bonds is 3. The van der Waals surface area contributed by atoms with E-state index < -0.39 is 5.60 Å². The Morgan fingerprint density at radius 2 is 2.07 bits per heavy atom. The number of benzene rings is 1. The molecule has 1 N–H and O–H groups in total. The van der Waals surface area contributed by atoms with Crippen LogP contribution in [0.5, 0.6) is 0 Å². The van der Waals surface area contributed by atoms with Crippen LogP contribution < -0.4 is 0 Å². The second-order valence-electron chi connectivity index (χ2n) is 6.86. The molecule has 1 aliphatic rings. The van der Waals surface area contributed by atoms with E-state index >= 15 is 0 Å². The molecule has 1 fully saturated rings. The van der Waals surface area contributed by atoms with Crippen LogP contribution in [0.3, 0.4) is 0 Å². The summed E-state index contributed by atoms with van der Waals surface area (Å²) in [6.45, 7) is 0.477. The third-order valence-electron chi connectivity index (χ3n) is 5.12. The van der Waals surface area contributed by atoms with E-state index in [2.05, 4.69) is 15.1 Å². The number of fused-ring (bicyclic) bond motifs is 1. The Morgan fingerprint density at radius 3 is 2.89 bits per heavy atom. The summed E-state index contributed by atoms with van der Waals surface area (Å²) in [5, 5.41) is 17.8. The SMILES string of the molecule is CN1CCC(O)(c2cc(-c3cccc(-c4ncnc5sccc45)c3)no2)C1=O. The molecule has 140 valence electrons. The summed E-state index contributed by atoms with van der Waals surface area (Å²) in [7, 11) is 1.66. The van der Waals surface area contributed by atoms with E-state index in [0.717, 1.165) is 27.0 Å². The Hall–Kier alpha value is -3.10. The molecule has 1 aliphatic heterocycles. The molecule has 5 rings (SSSR count). The first-order valence-electron chi connectivity index (χ1n) is 8.80. The average Bonchev–Trinajstić information content (AvgIpc) is 3.45. The van der Waals surface area contributed by atoms with Crippen molar-refractivity contribution >= 4 is 27.5 Å². The zero-order valence-electron chi connectivity index (χ0n) is 15.0. The molecule has 1 amide bonds. The van der Waals surface area contributed by atoms with E-state index in [9.17, 15) is 9.90 Å². The maximum absolute atomic E-state index is 12.3. The van der Waals surface area contributed by atoms with Gasteiger partial charge in [0.05, 0.1) is 5.69 Å². The Morgan fingerprint density at radius 1 is 1.21 bits per heavy atom. The van der Waals surface area contributed by atoms with Crippen molar-refractivity contribution in [2.45, 2.75) is 12.0 Å². The maximum atomic E-state index is 12.3. The van der Waals surface area contributed by atoms with Crippen molar-refractivity contribution in [3.63, 3.8) is 0 Å². The highest BCUT2D eigenvalue weighted by molar-refractivity contribution is 7.16. The first kappa shape index (κ1) is 17.0. The third-order valence-corrected chi connectivity index (χ3v) is 5.94. The number of hydrogen-bond acceptors (Lipinski definition) is 7. The molecule has 4 aromatic rings. The molecule has 1 saturated heterocycles. The lowest BCUT2D eigenvalue weighted by Crippen LogP contribution is -2.35. The van der Waals surface area contributed by atoms with Gasteiger partial charge in [0.15, 0.2) is 5.76 Å². The van der Waals surface area contributed by atoms with Crippen molar-refractivity contribution in [3.8, 4) is 22.5 Å². The highest BCUT2D eigenvalue weighted by Gasteiger charge is 2.48. The van der Waals surface area contributed by atoms with E-state index in [1.807, 2.05) is 35.7 Å². The zero-order chi connectivity index (χ0) is 19.3. The lowest BCUT2D eigenvalue weighted by molar-refractivity contribution is -0.144. The fourth-order valence-corrected chi connectivity index (χ4v) is 4.27. The molecule has 0 aliphatic carbocycles. The largest absolute Gasteiger partial charge is 0.373 e. The molecule has 0 radical (unpaired) electrons. The van der Waals surface area contributed by atoms with Gasteiger partial charge in [-0.3, -0.25) is 4.79 Å². The van der Waals surface area contributed by atoms with Gasteiger partial charge in [0.25, 0.3) is 5.91 Å². The van der Waals surface area contributed by atoms with Crippen molar-refractivity contribution in [1.29, 1.82) is 0 Å². The first-order valence-corrected chi connectivity index (χ1v) is 9.68. The van der Waals surface area contributed by atoms with Gasteiger partial charge >= 0.3 is 0 Å². The number of aromatic nitrogens is 3. The molecular weight excluding hydrogens is 376 g/mol. The van der Waals surface area contributed by atoms with Crippen LogP contribution in [0.2, 0.25) is 0 Å². The van der Waals surface area contributed by atoms with Crippen molar-refractivity contribution in [2.24, 2.45) is 0 Å². The molecule has 7 nitrogen and oxygen atoms in total. The molecule has 0 saturated carbocycles. The molecule has 0 bridgehead atoms. The van der Waals surface area contributed by atoms with E-state index in [1.165, 1.54) is 4.90 Å². The number of hydrogen-bond donors (Lipinski definition) is 1. The average molecular weight is 392 g/mol. The minimum Gasteiger partial charge on any atom is -0.373 e. The molecule has 1 unspecified atom stereocenters. The van der Waals surface area contributed by atoms with Crippen molar-refractivity contribution in [2.75, 3.05) is 13.6 Å². The number of thiophene rings is 1. The zero-order valence-corrected chi connectivity index (χ0v) is 15.8. The normalized spacial score (nSPS) is 19.6. The van der Waals surface area contributed by atoms with Crippen LogP contribution in [0, 0.1) is 0 Å². The second-order valence-corrected chi connectivity index (χ2v) is 7.75. The number of likely N-dealkylation sites (N-methyl/N-ethyl adjacent to an activating group) is 1. The molecule has 28 heavy (non-hydrogen) atoms. The van der Waals surface area contributed by atoms with Gasteiger partial charge in [-0.2, -0.15) is 0 Å². The lowest BCUT2D eigenvalue weighted by atomic mass is 9.97. The lowest BCUT2D eigenvalue weighted by Gasteiger charge is -2.16. The van der Waals surface area contributed by atoms with Crippen LogP contribution in [-0.4, -0.2) is 44.6 Å². The molecule has 1 aromatic carbocycles. The standard InChI is InChI=1S/C20H16N4O3S/c1-24-7-6-20(26,19(24)25)16-10-15(23-27-16)12-3-2-4-13(9-12)17-14-5-8-28-18(14)22-11-21-17/h2-5,8-11,26H,6-7H2,1H3. The van der Waals surface area contributed by atoms with Gasteiger partial charge in [0.1, 0.15) is 16.9 Å². The number of nitrogens with zero attached hydrogens (tertiary/aromatic N) is 4. The first-order chi connectivity index (χ1) is 13.6. The van der Waals surface area contributed by atoms with Gasteiger partial charge < -0.3 is 14.5 Å². The summed E-state index contributed by atoms with van der Waals surface area (Å²) in [4.78, 5) is 23.4. The van der Waals surface area contributed by atoms with Crippen LogP contribution >= 0.6 is 11.3 Å². The smallest absolute Gasteiger partial charge is 0.262 e. The topological polar surface area (TPSA) is 92.3 Å². The van der Waals surface area contributed by atoms with Gasteiger partial charge in [-0.25, -0.2) is 9.97 Å². The number of carbonyl (C=O) groups excluding carboxylic acids is 1. The predicted octanol–water partition coefficient (Wildman–Crippen LogP) is 3.06. The van der Waals surface area contributed by atoms with Gasteiger partial charge in [0.2, 0.25) is 5.60 Å². The number of amides is 1. The minimum absolute atomic E-state index is 0.171. The van der Waals surface area contributed by atoms with Gasteiger partial charge in [-0.15, -0.1) is 11.3 Å². The fraction of sp³-hybridized carbons (Fsp3) is 0.200. The van der Waals surface area contributed by atoms with E-state index in [1.54, 1.807) is 30.8 Å². The van der Waals surface area contributed by atoms with Gasteiger partial charge in [0, 0.05) is 42.6 Å². The molecule has 4 heterocycles. The Balaban J connectivity index is 1.54. The van der Waals surface area contributed by atoms with Crippen LogP contribution in [0.4, 0.5) is 0 Å². The molecule has 8 heteroatoms. The monoisotopic (exact) mass is 392 g/mol. The Bertz CT molecular complexity index is 1200. The predicted molar refractivity (Wildman–Crippen MR) is 104 cm³/mol. The highest BCUT2D eigenvalue weighted by Crippen LogP contribution is 2.36. The third kappa shape index (κ3) is 2.53. The summed E-state index contributed by atoms with van der Waals surface area (Å²) < 4.78 is 5.36. The second kappa shape index (κ2) is 6.22. The van der Waals surface area contributed by atoms with Crippen LogP contribution in [0.25, 0.3) is 32.7 Å². The van der Waals surface area contributed by atoms with Crippen LogP contribution in [-0.2, 0) is 10.4 Å². The Labute approximate surface area is 164 Å². The molecule has 3 aromatic heterocycles. The summed E-state index contributed by atoms with van der Waals surface area (Å²) >= 11 is 1.57. The van der Waals surface area contributed by atoms with Crippen molar-refractivity contribution < 1.29 is 14.4 Å². The van der Waals surface area contributed by atoms with Crippen molar-refractivity contribution in [1.82, 2.24) is 20.0 Å². The summed E-state index contributed by atoms with van der Waals surface area (Å²) in [6.07, 6.45) is 1.85. The molecular formula is C20H16N4O3S. The van der Waals surface area contributed by atoms with E-state index in [4.69, 9.17) is 4.52 Å². The number of likely N-dealkylation sites (tertiary alicyclic amines) is 1. The summed E-state index contributed by atoms with van der Waals surface area (Å²) in [5.74, 6) is -0.200.